The largest absolute Gasteiger partial charge is 0.208 e. The molecular formula is C52H48N4. The van der Waals surface area contributed by atoms with Gasteiger partial charge in [-0.2, -0.15) is 5.26 Å². The second kappa shape index (κ2) is 12.4. The summed E-state index contributed by atoms with van der Waals surface area (Å²) < 4.78 is 0. The van der Waals surface area contributed by atoms with Gasteiger partial charge in [0.2, 0.25) is 0 Å². The van der Waals surface area contributed by atoms with Crippen molar-refractivity contribution >= 4 is 10.8 Å². The average molecular weight is 729 g/mol. The molecule has 56 heavy (non-hydrogen) atoms. The average Bonchev–Trinajstić information content (AvgIpc) is 3.22. The minimum absolute atomic E-state index is 0.198. The van der Waals surface area contributed by atoms with Crippen LogP contribution in [0.3, 0.4) is 0 Å². The van der Waals surface area contributed by atoms with E-state index in [-0.39, 0.29) is 5.41 Å². The van der Waals surface area contributed by atoms with E-state index in [0.29, 0.717) is 16.8 Å². The Morgan fingerprint density at radius 3 is 1.54 bits per heavy atom. The molecule has 8 aliphatic carbocycles. The van der Waals surface area contributed by atoms with Crippen molar-refractivity contribution in [3.63, 3.8) is 0 Å². The van der Waals surface area contributed by atoms with Gasteiger partial charge < -0.3 is 0 Å². The van der Waals surface area contributed by atoms with Crippen molar-refractivity contribution < 1.29 is 0 Å². The highest BCUT2D eigenvalue weighted by molar-refractivity contribution is 5.98. The maximum atomic E-state index is 9.69. The normalized spacial score (nSPS) is 30.8. The SMILES string of the molecule is N#Cc1ccc2c(-c3cc(-c4nc(-c5ccccc5)nc(-c5ccc(C67CC8CC(CC(C8)C6)C7)cc5)n4)cc(C45CC6CC(CC(C6)C4)C5)c3)cccc2c1. The molecule has 0 N–H and O–H groups in total. The molecule has 8 fully saturated rings. The Hall–Kier alpha value is -5.14. The summed E-state index contributed by atoms with van der Waals surface area (Å²) in [5.41, 5.74) is 9.74. The summed E-state index contributed by atoms with van der Waals surface area (Å²) in [7, 11) is 0. The molecule has 8 bridgehead atoms. The first kappa shape index (κ1) is 33.0. The van der Waals surface area contributed by atoms with E-state index in [1.807, 2.05) is 12.1 Å². The Morgan fingerprint density at radius 2 is 0.964 bits per heavy atom. The van der Waals surface area contributed by atoms with E-state index >= 15 is 0 Å². The Labute approximate surface area is 330 Å². The number of nitriles is 1. The van der Waals surface area contributed by atoms with Crippen LogP contribution in [-0.4, -0.2) is 15.0 Å². The highest BCUT2D eigenvalue weighted by atomic mass is 15.0. The van der Waals surface area contributed by atoms with Gasteiger partial charge in [0.15, 0.2) is 17.5 Å². The summed E-state index contributed by atoms with van der Waals surface area (Å²) in [5.74, 6) is 7.46. The molecule has 276 valence electrons. The van der Waals surface area contributed by atoms with E-state index in [9.17, 15) is 5.26 Å². The number of nitrogens with zero attached hydrogens (tertiary/aromatic N) is 4. The van der Waals surface area contributed by atoms with Gasteiger partial charge >= 0.3 is 0 Å². The number of hydrogen-bond acceptors (Lipinski definition) is 4. The van der Waals surface area contributed by atoms with E-state index in [0.717, 1.165) is 69.2 Å². The van der Waals surface area contributed by atoms with Crippen LogP contribution in [0.25, 0.3) is 56.1 Å². The molecule has 8 aliphatic rings. The van der Waals surface area contributed by atoms with Crippen LogP contribution in [0.2, 0.25) is 0 Å². The monoisotopic (exact) mass is 728 g/mol. The van der Waals surface area contributed by atoms with Gasteiger partial charge in [-0.25, -0.2) is 15.0 Å². The molecular weight excluding hydrogens is 681 g/mol. The van der Waals surface area contributed by atoms with E-state index in [1.54, 1.807) is 0 Å². The van der Waals surface area contributed by atoms with E-state index in [4.69, 9.17) is 15.0 Å². The van der Waals surface area contributed by atoms with Crippen LogP contribution in [0.4, 0.5) is 0 Å². The Balaban J connectivity index is 1.01. The van der Waals surface area contributed by atoms with Gasteiger partial charge in [-0.1, -0.05) is 84.9 Å². The van der Waals surface area contributed by atoms with Gasteiger partial charge in [-0.05, 0) is 181 Å². The topological polar surface area (TPSA) is 62.5 Å². The zero-order valence-electron chi connectivity index (χ0n) is 32.1. The van der Waals surface area contributed by atoms with Gasteiger partial charge in [-0.15, -0.1) is 0 Å². The third kappa shape index (κ3) is 5.41. The highest BCUT2D eigenvalue weighted by Gasteiger charge is 2.53. The smallest absolute Gasteiger partial charge is 0.164 e. The second-order valence-electron chi connectivity index (χ2n) is 19.3. The van der Waals surface area contributed by atoms with Crippen LogP contribution in [0.1, 0.15) is 93.7 Å². The first-order valence-corrected chi connectivity index (χ1v) is 21.5. The highest BCUT2D eigenvalue weighted by Crippen LogP contribution is 2.62. The molecule has 4 heteroatoms. The van der Waals surface area contributed by atoms with Crippen molar-refractivity contribution in [2.75, 3.05) is 0 Å². The molecule has 5 aromatic carbocycles. The Bertz CT molecular complexity index is 2490. The van der Waals surface area contributed by atoms with Crippen molar-refractivity contribution in [2.24, 2.45) is 35.5 Å². The number of rotatable bonds is 6. The fourth-order valence-corrected chi connectivity index (χ4v) is 14.1. The molecule has 6 aromatic rings. The Morgan fingerprint density at radius 1 is 0.446 bits per heavy atom. The number of benzene rings is 5. The van der Waals surface area contributed by atoms with Crippen molar-refractivity contribution in [3.8, 4) is 51.4 Å². The van der Waals surface area contributed by atoms with E-state index < -0.39 is 0 Å². The lowest BCUT2D eigenvalue weighted by atomic mass is 9.48. The third-order valence-corrected chi connectivity index (χ3v) is 15.6. The van der Waals surface area contributed by atoms with E-state index in [2.05, 4.69) is 103 Å². The quantitative estimate of drug-likeness (QED) is 0.171. The molecule has 0 amide bonds. The maximum absolute atomic E-state index is 9.69. The van der Waals surface area contributed by atoms with Crippen molar-refractivity contribution in [2.45, 2.75) is 87.9 Å². The zero-order chi connectivity index (χ0) is 37.0. The van der Waals surface area contributed by atoms with E-state index in [1.165, 1.54) is 105 Å². The molecule has 1 aromatic heterocycles. The number of fused-ring (bicyclic) bond motifs is 1. The van der Waals surface area contributed by atoms with Gasteiger partial charge in [-0.3, -0.25) is 0 Å². The summed E-state index contributed by atoms with van der Waals surface area (Å²) in [5, 5.41) is 12.0. The predicted octanol–water partition coefficient (Wildman–Crippen LogP) is 12.5. The molecule has 0 atom stereocenters. The summed E-state index contributed by atoms with van der Waals surface area (Å²) in [4.78, 5) is 15.9. The van der Waals surface area contributed by atoms with Gasteiger partial charge in [0.25, 0.3) is 0 Å². The fourth-order valence-electron chi connectivity index (χ4n) is 14.1. The van der Waals surface area contributed by atoms with Crippen LogP contribution in [0.15, 0.2) is 109 Å². The van der Waals surface area contributed by atoms with Crippen molar-refractivity contribution in [1.29, 1.82) is 5.26 Å². The number of aromatic nitrogens is 3. The first-order chi connectivity index (χ1) is 27.5. The second-order valence-corrected chi connectivity index (χ2v) is 19.3. The first-order valence-electron chi connectivity index (χ1n) is 21.5. The molecule has 0 unspecified atom stereocenters. The molecule has 0 saturated heterocycles. The molecule has 8 saturated carbocycles. The van der Waals surface area contributed by atoms with Crippen LogP contribution in [0.5, 0.6) is 0 Å². The molecule has 1 heterocycles. The van der Waals surface area contributed by atoms with Crippen LogP contribution >= 0.6 is 0 Å². The zero-order valence-corrected chi connectivity index (χ0v) is 32.1. The van der Waals surface area contributed by atoms with Crippen LogP contribution in [0, 0.1) is 46.8 Å². The summed E-state index contributed by atoms with van der Waals surface area (Å²) in [6.07, 6.45) is 16.6. The van der Waals surface area contributed by atoms with Gasteiger partial charge in [0.05, 0.1) is 11.6 Å². The minimum atomic E-state index is 0.198. The van der Waals surface area contributed by atoms with Crippen LogP contribution < -0.4 is 0 Å². The summed E-state index contributed by atoms with van der Waals surface area (Å²) in [6.45, 7) is 0. The lowest BCUT2D eigenvalue weighted by Gasteiger charge is -2.57. The van der Waals surface area contributed by atoms with Crippen molar-refractivity contribution in [1.82, 2.24) is 15.0 Å². The molecule has 14 rings (SSSR count). The third-order valence-electron chi connectivity index (χ3n) is 15.6. The lowest BCUT2D eigenvalue weighted by Crippen LogP contribution is -2.48. The predicted molar refractivity (Wildman–Crippen MR) is 223 cm³/mol. The summed E-state index contributed by atoms with van der Waals surface area (Å²) >= 11 is 0. The Kier molecular flexibility index (Phi) is 7.33. The molecule has 4 nitrogen and oxygen atoms in total. The molecule has 0 radical (unpaired) electrons. The van der Waals surface area contributed by atoms with Gasteiger partial charge in [0.1, 0.15) is 0 Å². The minimum Gasteiger partial charge on any atom is -0.208 e. The van der Waals surface area contributed by atoms with Gasteiger partial charge in [0, 0.05) is 16.7 Å². The molecule has 0 spiro atoms. The fraction of sp³-hybridized carbons (Fsp3) is 0.385. The maximum Gasteiger partial charge on any atom is 0.164 e. The van der Waals surface area contributed by atoms with Crippen molar-refractivity contribution in [3.05, 3.63) is 126 Å². The molecule has 0 aliphatic heterocycles. The van der Waals surface area contributed by atoms with Crippen LogP contribution in [-0.2, 0) is 10.8 Å². The standard InChI is InChI=1S/C52H48N4/c53-31-32-9-14-47-41(21-32)7-4-8-46(47)42-22-43(24-45(23-42)52-28-36-18-37(29-52)20-38(19-36)30-52)50-55-48(39-5-2-1-3-6-39)54-49(56-50)40-10-12-44(13-11-40)51-25-33-15-34(26-51)17-35(16-33)27-51/h1-14,21-24,33-38H,15-20,25-30H2. The summed E-state index contributed by atoms with van der Waals surface area (Å²) in [6, 6.07) is 42.1. The number of hydrogen-bond donors (Lipinski definition) is 0. The lowest BCUT2D eigenvalue weighted by molar-refractivity contribution is -0.00529.